The van der Waals surface area contributed by atoms with Crippen LogP contribution in [0.2, 0.25) is 0 Å². The standard InChI is InChI=1S/C33H33N5O8/c1-38-25-13-12-21(15-24(25)30(43)29(33(38)46)32(45)36-19-28(41)42)17-34-27(40)18-35-26(39)16-23(14-20-8-4-2-5-9-20)37-31(44)22-10-6-3-7-11-22/h2-13,15,23,43H,14,16-19H2,1H3,(H,34,40)(H,35,39)(H,36,45)(H,37,44)(H,41,42)/t23-/m0/s1. The maximum Gasteiger partial charge on any atom is 0.322 e. The number of amides is 4. The molecule has 4 aromatic rings. The summed E-state index contributed by atoms with van der Waals surface area (Å²) < 4.78 is 1.15. The van der Waals surface area contributed by atoms with Gasteiger partial charge in [0.2, 0.25) is 11.8 Å². The summed E-state index contributed by atoms with van der Waals surface area (Å²) in [6, 6.07) is 22.2. The molecule has 13 heteroatoms. The van der Waals surface area contributed by atoms with Crippen LogP contribution in [0.4, 0.5) is 0 Å². The molecule has 0 saturated carbocycles. The van der Waals surface area contributed by atoms with Crippen molar-refractivity contribution in [2.45, 2.75) is 25.4 Å². The summed E-state index contributed by atoms with van der Waals surface area (Å²) in [7, 11) is 1.40. The lowest BCUT2D eigenvalue weighted by Gasteiger charge is -2.19. The monoisotopic (exact) mass is 627 g/mol. The lowest BCUT2D eigenvalue weighted by atomic mass is 10.0. The van der Waals surface area contributed by atoms with Crippen molar-refractivity contribution in [2.24, 2.45) is 7.05 Å². The highest BCUT2D eigenvalue weighted by molar-refractivity contribution is 6.03. The number of hydrogen-bond donors (Lipinski definition) is 6. The number of aliphatic carboxylic acids is 1. The van der Waals surface area contributed by atoms with Gasteiger partial charge in [0.05, 0.1) is 12.1 Å². The summed E-state index contributed by atoms with van der Waals surface area (Å²) in [5, 5.41) is 29.9. The number of carbonyl (C=O) groups excluding carboxylic acids is 4. The lowest BCUT2D eigenvalue weighted by molar-refractivity contribution is -0.135. The molecule has 4 rings (SSSR count). The number of rotatable bonds is 13. The number of carbonyl (C=O) groups is 5. The van der Waals surface area contributed by atoms with Gasteiger partial charge in [-0.05, 0) is 41.8 Å². The van der Waals surface area contributed by atoms with E-state index in [1.165, 1.54) is 19.2 Å². The largest absolute Gasteiger partial charge is 0.506 e. The van der Waals surface area contributed by atoms with Crippen LogP contribution in [0.15, 0.2) is 83.7 Å². The second-order valence-corrected chi connectivity index (χ2v) is 10.5. The second-order valence-electron chi connectivity index (χ2n) is 10.5. The zero-order valence-corrected chi connectivity index (χ0v) is 24.9. The Morgan fingerprint density at radius 1 is 0.783 bits per heavy atom. The number of benzene rings is 3. The van der Waals surface area contributed by atoms with Crippen LogP contribution < -0.4 is 26.8 Å². The summed E-state index contributed by atoms with van der Waals surface area (Å²) in [6.45, 7) is -1.07. The molecule has 0 spiro atoms. The highest BCUT2D eigenvalue weighted by Crippen LogP contribution is 2.27. The third kappa shape index (κ3) is 8.56. The Kier molecular flexibility index (Phi) is 10.8. The third-order valence-electron chi connectivity index (χ3n) is 7.12. The average molecular weight is 628 g/mol. The van der Waals surface area contributed by atoms with Gasteiger partial charge in [-0.2, -0.15) is 0 Å². The third-order valence-corrected chi connectivity index (χ3v) is 7.12. The quantitative estimate of drug-likeness (QED) is 0.127. The number of aromatic nitrogens is 1. The molecule has 0 fully saturated rings. The van der Waals surface area contributed by atoms with Gasteiger partial charge < -0.3 is 36.0 Å². The van der Waals surface area contributed by atoms with Crippen LogP contribution in [0.25, 0.3) is 10.9 Å². The predicted octanol–water partition coefficient (Wildman–Crippen LogP) is 1.22. The molecule has 6 N–H and O–H groups in total. The Morgan fingerprint density at radius 3 is 2.13 bits per heavy atom. The van der Waals surface area contributed by atoms with Gasteiger partial charge in [0, 0.05) is 37.0 Å². The SMILES string of the molecule is Cn1c(=O)c(C(=O)NCC(=O)O)c(O)c2cc(CNC(=O)CNC(=O)C[C@H](Cc3ccccc3)NC(=O)c3ccccc3)ccc21. The Morgan fingerprint density at radius 2 is 1.46 bits per heavy atom. The first kappa shape index (κ1) is 32.9. The molecule has 4 amide bonds. The topological polar surface area (TPSA) is 196 Å². The number of carboxylic acid groups (broad SMARTS) is 1. The van der Waals surface area contributed by atoms with Crippen molar-refractivity contribution >= 4 is 40.5 Å². The molecule has 0 bridgehead atoms. The van der Waals surface area contributed by atoms with E-state index in [0.717, 1.165) is 10.1 Å². The van der Waals surface area contributed by atoms with Gasteiger partial charge >= 0.3 is 5.97 Å². The highest BCUT2D eigenvalue weighted by atomic mass is 16.4. The van der Waals surface area contributed by atoms with E-state index in [4.69, 9.17) is 5.11 Å². The Bertz CT molecular complexity index is 1820. The fourth-order valence-corrected chi connectivity index (χ4v) is 4.81. The van der Waals surface area contributed by atoms with Gasteiger partial charge in [-0.1, -0.05) is 54.6 Å². The predicted molar refractivity (Wildman–Crippen MR) is 168 cm³/mol. The minimum Gasteiger partial charge on any atom is -0.506 e. The molecule has 46 heavy (non-hydrogen) atoms. The number of nitrogens with one attached hydrogen (secondary N) is 4. The van der Waals surface area contributed by atoms with Crippen LogP contribution in [-0.2, 0) is 34.4 Å². The van der Waals surface area contributed by atoms with Crippen molar-refractivity contribution in [1.82, 2.24) is 25.8 Å². The molecule has 13 nitrogen and oxygen atoms in total. The number of nitrogens with zero attached hydrogens (tertiary/aromatic N) is 1. The van der Waals surface area contributed by atoms with Crippen molar-refractivity contribution in [3.05, 3.63) is 111 Å². The molecular weight excluding hydrogens is 594 g/mol. The minimum absolute atomic E-state index is 0.00274. The van der Waals surface area contributed by atoms with Crippen LogP contribution in [0.5, 0.6) is 5.75 Å². The fourth-order valence-electron chi connectivity index (χ4n) is 4.81. The van der Waals surface area contributed by atoms with Crippen LogP contribution in [0.1, 0.15) is 38.3 Å². The first-order chi connectivity index (χ1) is 22.0. The molecule has 1 heterocycles. The zero-order chi connectivity index (χ0) is 33.2. The molecule has 0 aliphatic heterocycles. The van der Waals surface area contributed by atoms with E-state index in [9.17, 15) is 33.9 Å². The first-order valence-electron chi connectivity index (χ1n) is 14.3. The number of aryl methyl sites for hydroxylation is 1. The van der Waals surface area contributed by atoms with E-state index in [2.05, 4.69) is 21.3 Å². The summed E-state index contributed by atoms with van der Waals surface area (Å²) in [5.74, 6) is -4.23. The molecule has 0 aliphatic carbocycles. The van der Waals surface area contributed by atoms with E-state index in [1.54, 1.807) is 36.4 Å². The van der Waals surface area contributed by atoms with E-state index < -0.39 is 53.1 Å². The fraction of sp³-hybridized carbons (Fsp3) is 0.212. The molecular formula is C33H33N5O8. The lowest BCUT2D eigenvalue weighted by Crippen LogP contribution is -2.42. The maximum atomic E-state index is 12.8. The van der Waals surface area contributed by atoms with Gasteiger partial charge in [-0.15, -0.1) is 0 Å². The van der Waals surface area contributed by atoms with Crippen molar-refractivity contribution in [1.29, 1.82) is 0 Å². The van der Waals surface area contributed by atoms with Gasteiger partial charge in [0.15, 0.2) is 0 Å². The molecule has 0 radical (unpaired) electrons. The van der Waals surface area contributed by atoms with Crippen molar-refractivity contribution in [3.8, 4) is 5.75 Å². The number of pyridine rings is 1. The normalized spacial score (nSPS) is 11.3. The van der Waals surface area contributed by atoms with Gasteiger partial charge in [-0.3, -0.25) is 28.8 Å². The van der Waals surface area contributed by atoms with Crippen molar-refractivity contribution in [3.63, 3.8) is 0 Å². The Labute approximate surface area is 263 Å². The number of aromatic hydroxyl groups is 1. The van der Waals surface area contributed by atoms with Gasteiger partial charge in [0.25, 0.3) is 17.4 Å². The van der Waals surface area contributed by atoms with Gasteiger partial charge in [-0.25, -0.2) is 0 Å². The maximum absolute atomic E-state index is 12.8. The van der Waals surface area contributed by atoms with Crippen molar-refractivity contribution in [2.75, 3.05) is 13.1 Å². The molecule has 1 aromatic heterocycles. The zero-order valence-electron chi connectivity index (χ0n) is 24.9. The average Bonchev–Trinajstić information content (AvgIpc) is 3.05. The summed E-state index contributed by atoms with van der Waals surface area (Å²) in [5.41, 5.74) is 0.803. The van der Waals surface area contributed by atoms with E-state index in [-0.39, 0.29) is 30.8 Å². The van der Waals surface area contributed by atoms with Crippen molar-refractivity contribution < 1.29 is 34.2 Å². The van der Waals surface area contributed by atoms with Crippen LogP contribution >= 0.6 is 0 Å². The van der Waals surface area contributed by atoms with E-state index >= 15 is 0 Å². The first-order valence-corrected chi connectivity index (χ1v) is 14.3. The molecule has 0 unspecified atom stereocenters. The highest BCUT2D eigenvalue weighted by Gasteiger charge is 2.22. The van der Waals surface area contributed by atoms with Crippen LogP contribution in [0, 0.1) is 0 Å². The van der Waals surface area contributed by atoms with E-state index in [1.807, 2.05) is 30.3 Å². The second kappa shape index (κ2) is 15.1. The minimum atomic E-state index is -1.32. The van der Waals surface area contributed by atoms with E-state index in [0.29, 0.717) is 23.1 Å². The Hall–Kier alpha value is -5.98. The number of hydrogen-bond acceptors (Lipinski definition) is 7. The number of carboxylic acids is 1. The molecule has 238 valence electrons. The molecule has 3 aromatic carbocycles. The molecule has 0 saturated heterocycles. The van der Waals surface area contributed by atoms with Crippen LogP contribution in [-0.4, -0.2) is 63.5 Å². The summed E-state index contributed by atoms with van der Waals surface area (Å²) in [4.78, 5) is 74.0. The number of fused-ring (bicyclic) bond motifs is 1. The molecule has 0 aliphatic rings. The van der Waals surface area contributed by atoms with Crippen LogP contribution in [0.3, 0.4) is 0 Å². The smallest absolute Gasteiger partial charge is 0.322 e. The van der Waals surface area contributed by atoms with Gasteiger partial charge in [0.1, 0.15) is 17.9 Å². The summed E-state index contributed by atoms with van der Waals surface area (Å²) >= 11 is 0. The summed E-state index contributed by atoms with van der Waals surface area (Å²) in [6.07, 6.45) is 0.341. The molecule has 1 atom stereocenters. The Balaban J connectivity index is 1.37.